The number of anilines is 1. The van der Waals surface area contributed by atoms with E-state index >= 15 is 0 Å². The van der Waals surface area contributed by atoms with E-state index in [0.717, 1.165) is 22.0 Å². The lowest BCUT2D eigenvalue weighted by atomic mass is 10.1. The third-order valence-electron chi connectivity index (χ3n) is 5.03. The molecule has 0 saturated carbocycles. The molecule has 3 rings (SSSR count). The number of hydrogen-bond acceptors (Lipinski definition) is 4. The van der Waals surface area contributed by atoms with Crippen LogP contribution < -0.4 is 14.4 Å². The Hall–Kier alpha value is -2.74. The van der Waals surface area contributed by atoms with Gasteiger partial charge >= 0.3 is 0 Å². The van der Waals surface area contributed by atoms with Gasteiger partial charge in [0.05, 0.1) is 27.2 Å². The molecule has 0 radical (unpaired) electrons. The van der Waals surface area contributed by atoms with Crippen LogP contribution in [0.2, 0.25) is 10.0 Å². The van der Waals surface area contributed by atoms with Crippen molar-refractivity contribution >= 4 is 44.8 Å². The molecule has 0 spiro atoms. The van der Waals surface area contributed by atoms with Gasteiger partial charge in [-0.15, -0.1) is 0 Å². The van der Waals surface area contributed by atoms with Gasteiger partial charge in [-0.3, -0.25) is 9.10 Å². The molecule has 180 valence electrons. The fourth-order valence-corrected chi connectivity index (χ4v) is 5.10. The highest BCUT2D eigenvalue weighted by molar-refractivity contribution is 7.92. The van der Waals surface area contributed by atoms with Crippen molar-refractivity contribution in [3.05, 3.63) is 88.4 Å². The van der Waals surface area contributed by atoms with Gasteiger partial charge in [-0.25, -0.2) is 8.42 Å². The first-order chi connectivity index (χ1) is 16.3. The quantitative estimate of drug-likeness (QED) is 0.346. The molecule has 6 nitrogen and oxygen atoms in total. The minimum atomic E-state index is -4.01. The number of nitrogens with one attached hydrogen (secondary N) is 1. The first kappa shape index (κ1) is 25.9. The molecule has 34 heavy (non-hydrogen) atoms. The van der Waals surface area contributed by atoms with Crippen LogP contribution in [0, 0.1) is 0 Å². The van der Waals surface area contributed by atoms with Crippen LogP contribution in [-0.2, 0) is 21.2 Å². The van der Waals surface area contributed by atoms with E-state index in [-0.39, 0.29) is 15.6 Å². The van der Waals surface area contributed by atoms with E-state index < -0.39 is 22.5 Å². The van der Waals surface area contributed by atoms with Gasteiger partial charge in [0.2, 0.25) is 5.91 Å². The molecule has 1 N–H and O–H groups in total. The lowest BCUT2D eigenvalue weighted by molar-refractivity contribution is -0.119. The number of para-hydroxylation sites is 1. The number of carbonyl (C=O) groups excluding carboxylic acids is 1. The maximum Gasteiger partial charge on any atom is 0.264 e. The summed E-state index contributed by atoms with van der Waals surface area (Å²) in [6, 6.07) is 20.2. The predicted molar refractivity (Wildman–Crippen MR) is 136 cm³/mol. The Morgan fingerprint density at radius 1 is 0.971 bits per heavy atom. The topological polar surface area (TPSA) is 75.7 Å². The third-order valence-corrected chi connectivity index (χ3v) is 7.55. The van der Waals surface area contributed by atoms with Gasteiger partial charge in [-0.1, -0.05) is 59.6 Å². The van der Waals surface area contributed by atoms with Crippen LogP contribution in [0.4, 0.5) is 5.69 Å². The third kappa shape index (κ3) is 6.65. The van der Waals surface area contributed by atoms with Crippen LogP contribution in [0.3, 0.4) is 0 Å². The molecular formula is C25H26Cl2N2O4S. The van der Waals surface area contributed by atoms with Crippen molar-refractivity contribution in [2.24, 2.45) is 0 Å². The smallest absolute Gasteiger partial charge is 0.264 e. The molecule has 3 aromatic carbocycles. The van der Waals surface area contributed by atoms with Crippen LogP contribution in [0.1, 0.15) is 18.9 Å². The second-order valence-corrected chi connectivity index (χ2v) is 10.1. The highest BCUT2D eigenvalue weighted by Crippen LogP contribution is 2.30. The second-order valence-electron chi connectivity index (χ2n) is 7.42. The fraction of sp³-hybridized carbons (Fsp3) is 0.240. The summed E-state index contributed by atoms with van der Waals surface area (Å²) in [6.07, 6.45) is 1.39. The predicted octanol–water partition coefficient (Wildman–Crippen LogP) is 5.34. The van der Waals surface area contributed by atoms with Gasteiger partial charge in [0.15, 0.2) is 0 Å². The molecule has 0 saturated heterocycles. The summed E-state index contributed by atoms with van der Waals surface area (Å²) >= 11 is 12.1. The van der Waals surface area contributed by atoms with Crippen LogP contribution >= 0.6 is 23.2 Å². The Morgan fingerprint density at radius 2 is 1.68 bits per heavy atom. The number of hydrogen-bond donors (Lipinski definition) is 1. The van der Waals surface area contributed by atoms with Crippen molar-refractivity contribution in [3.8, 4) is 5.75 Å². The van der Waals surface area contributed by atoms with Crippen LogP contribution in [0.5, 0.6) is 5.75 Å². The average molecular weight is 521 g/mol. The highest BCUT2D eigenvalue weighted by Gasteiger charge is 2.27. The van der Waals surface area contributed by atoms with Crippen LogP contribution in [0.15, 0.2) is 77.7 Å². The minimum absolute atomic E-state index is 0.0707. The Kier molecular flexibility index (Phi) is 9.21. The summed E-state index contributed by atoms with van der Waals surface area (Å²) in [7, 11) is -4.01. The normalized spacial score (nSPS) is 11.1. The van der Waals surface area contributed by atoms with Crippen LogP contribution in [-0.4, -0.2) is 34.0 Å². The number of rotatable bonds is 11. The van der Waals surface area contributed by atoms with E-state index in [4.69, 9.17) is 27.9 Å². The van der Waals surface area contributed by atoms with Crippen molar-refractivity contribution < 1.29 is 17.9 Å². The minimum Gasteiger partial charge on any atom is -0.494 e. The Bertz CT molecular complexity index is 1220. The van der Waals surface area contributed by atoms with Crippen molar-refractivity contribution in [1.29, 1.82) is 0 Å². The van der Waals surface area contributed by atoms with Crippen molar-refractivity contribution in [2.45, 2.75) is 24.7 Å². The van der Waals surface area contributed by atoms with Crippen molar-refractivity contribution in [3.63, 3.8) is 0 Å². The average Bonchev–Trinajstić information content (AvgIpc) is 2.84. The number of nitrogens with zero attached hydrogens (tertiary/aromatic N) is 1. The lowest BCUT2D eigenvalue weighted by Gasteiger charge is -2.24. The summed E-state index contributed by atoms with van der Waals surface area (Å²) in [6.45, 7) is 2.50. The van der Waals surface area contributed by atoms with Crippen molar-refractivity contribution in [2.75, 3.05) is 24.0 Å². The largest absolute Gasteiger partial charge is 0.494 e. The maximum atomic E-state index is 13.3. The van der Waals surface area contributed by atoms with Gasteiger partial charge in [0.1, 0.15) is 12.3 Å². The summed E-state index contributed by atoms with van der Waals surface area (Å²) in [5.74, 6) is 0.403. The Morgan fingerprint density at radius 3 is 2.38 bits per heavy atom. The molecule has 0 aliphatic rings. The summed E-state index contributed by atoms with van der Waals surface area (Å²) < 4.78 is 33.3. The van der Waals surface area contributed by atoms with E-state index in [9.17, 15) is 13.2 Å². The molecule has 0 aromatic heterocycles. The van der Waals surface area contributed by atoms with Gasteiger partial charge in [0.25, 0.3) is 10.0 Å². The zero-order valence-corrected chi connectivity index (χ0v) is 21.0. The van der Waals surface area contributed by atoms with Gasteiger partial charge in [-0.2, -0.15) is 0 Å². The summed E-state index contributed by atoms with van der Waals surface area (Å²) in [4.78, 5) is 12.8. The van der Waals surface area contributed by atoms with Gasteiger partial charge in [-0.05, 0) is 61.7 Å². The molecule has 0 atom stereocenters. The Labute approximate surface area is 210 Å². The van der Waals surface area contributed by atoms with E-state index in [1.165, 1.54) is 30.3 Å². The molecule has 3 aromatic rings. The molecule has 9 heteroatoms. The number of aryl methyl sites for hydroxylation is 1. The lowest BCUT2D eigenvalue weighted by Crippen LogP contribution is -2.41. The molecule has 0 unspecified atom stereocenters. The fourth-order valence-electron chi connectivity index (χ4n) is 3.37. The zero-order chi connectivity index (χ0) is 24.6. The number of amides is 1. The van der Waals surface area contributed by atoms with Crippen LogP contribution in [0.25, 0.3) is 0 Å². The molecule has 0 bridgehead atoms. The molecule has 0 aliphatic carbocycles. The van der Waals surface area contributed by atoms with E-state index in [0.29, 0.717) is 24.6 Å². The number of halogens is 2. The standard InChI is InChI=1S/C25H26Cl2N2O4S/c1-2-33-24-13-7-6-9-19(24)10-8-16-28-25(30)18-29(20-14-15-22(26)23(27)17-20)34(31,32)21-11-4-3-5-12-21/h3-7,9,11-15,17H,2,8,10,16,18H2,1H3,(H,28,30). The molecular weight excluding hydrogens is 495 g/mol. The molecule has 0 aliphatic heterocycles. The first-order valence-electron chi connectivity index (χ1n) is 10.8. The molecule has 0 fully saturated rings. The molecule has 1 amide bonds. The maximum absolute atomic E-state index is 13.3. The Balaban J connectivity index is 1.70. The molecule has 0 heterocycles. The number of ether oxygens (including phenoxy) is 1. The monoisotopic (exact) mass is 520 g/mol. The zero-order valence-electron chi connectivity index (χ0n) is 18.7. The second kappa shape index (κ2) is 12.1. The van der Waals surface area contributed by atoms with Gasteiger partial charge in [0, 0.05) is 6.54 Å². The first-order valence-corrected chi connectivity index (χ1v) is 13.0. The summed E-state index contributed by atoms with van der Waals surface area (Å²) in [5.41, 5.74) is 1.31. The van der Waals surface area contributed by atoms with E-state index in [2.05, 4.69) is 5.32 Å². The number of sulfonamides is 1. The number of carbonyl (C=O) groups is 1. The SMILES string of the molecule is CCOc1ccccc1CCCNC(=O)CN(c1ccc(Cl)c(Cl)c1)S(=O)(=O)c1ccccc1. The van der Waals surface area contributed by atoms with Gasteiger partial charge < -0.3 is 10.1 Å². The summed E-state index contributed by atoms with van der Waals surface area (Å²) in [5, 5.41) is 3.30. The van der Waals surface area contributed by atoms with E-state index in [1.54, 1.807) is 18.2 Å². The van der Waals surface area contributed by atoms with Crippen molar-refractivity contribution in [1.82, 2.24) is 5.32 Å². The van der Waals surface area contributed by atoms with E-state index in [1.807, 2.05) is 31.2 Å². The highest BCUT2D eigenvalue weighted by atomic mass is 35.5. The number of benzene rings is 3.